The van der Waals surface area contributed by atoms with Gasteiger partial charge in [-0.2, -0.15) is 4.98 Å². The summed E-state index contributed by atoms with van der Waals surface area (Å²) in [5.41, 5.74) is 6.18. The van der Waals surface area contributed by atoms with E-state index in [1.54, 1.807) is 25.3 Å². The summed E-state index contributed by atoms with van der Waals surface area (Å²) < 4.78 is 10.5. The van der Waals surface area contributed by atoms with Gasteiger partial charge in [0.25, 0.3) is 5.89 Å². The molecular formula is C12H16N4O2. The number of nitrogens with two attached hydrogens (primary N) is 1. The molecule has 2 aromatic heterocycles. The molecule has 0 bridgehead atoms. The minimum Gasteiger partial charge on any atom is -0.384 e. The van der Waals surface area contributed by atoms with Gasteiger partial charge >= 0.3 is 0 Å². The molecule has 0 radical (unpaired) electrons. The van der Waals surface area contributed by atoms with Crippen molar-refractivity contribution in [2.75, 3.05) is 12.8 Å². The highest BCUT2D eigenvalue weighted by Crippen LogP contribution is 2.22. The van der Waals surface area contributed by atoms with E-state index in [0.717, 1.165) is 12.8 Å². The second-order valence-corrected chi connectivity index (χ2v) is 3.92. The van der Waals surface area contributed by atoms with E-state index in [4.69, 9.17) is 15.0 Å². The number of anilines is 1. The predicted molar refractivity (Wildman–Crippen MR) is 66.6 cm³/mol. The molecule has 96 valence electrons. The largest absolute Gasteiger partial charge is 0.384 e. The minimum absolute atomic E-state index is 0.145. The first-order chi connectivity index (χ1) is 8.74. The van der Waals surface area contributed by atoms with Gasteiger partial charge in [-0.15, -0.1) is 0 Å². The number of methoxy groups -OCH3 is 1. The van der Waals surface area contributed by atoms with E-state index in [9.17, 15) is 0 Å². The first-order valence-corrected chi connectivity index (χ1v) is 5.84. The molecule has 2 N–H and O–H groups in total. The van der Waals surface area contributed by atoms with E-state index >= 15 is 0 Å². The number of aromatic nitrogens is 3. The first-order valence-electron chi connectivity index (χ1n) is 5.84. The highest BCUT2D eigenvalue weighted by atomic mass is 16.5. The zero-order valence-corrected chi connectivity index (χ0v) is 10.5. The van der Waals surface area contributed by atoms with Gasteiger partial charge in [0.2, 0.25) is 5.82 Å². The van der Waals surface area contributed by atoms with Crippen LogP contribution in [0.2, 0.25) is 0 Å². The van der Waals surface area contributed by atoms with Gasteiger partial charge in [0.15, 0.2) is 0 Å². The van der Waals surface area contributed by atoms with Crippen molar-refractivity contribution in [3.63, 3.8) is 0 Å². The van der Waals surface area contributed by atoms with Crippen molar-refractivity contribution in [2.45, 2.75) is 25.9 Å². The Morgan fingerprint density at radius 2 is 2.22 bits per heavy atom. The number of rotatable bonds is 5. The summed E-state index contributed by atoms with van der Waals surface area (Å²) in [6, 6.07) is 5.27. The minimum atomic E-state index is -0.145. The molecule has 0 fully saturated rings. The van der Waals surface area contributed by atoms with E-state index in [-0.39, 0.29) is 6.10 Å². The molecule has 1 unspecified atom stereocenters. The summed E-state index contributed by atoms with van der Waals surface area (Å²) in [6.07, 6.45) is 1.69. The van der Waals surface area contributed by atoms with Gasteiger partial charge in [-0.1, -0.05) is 24.6 Å². The van der Waals surface area contributed by atoms with Crippen molar-refractivity contribution < 1.29 is 9.26 Å². The van der Waals surface area contributed by atoms with Gasteiger partial charge in [-0.25, -0.2) is 4.98 Å². The summed E-state index contributed by atoms with van der Waals surface area (Å²) in [7, 11) is 1.63. The van der Waals surface area contributed by atoms with Crippen LogP contribution in [0.3, 0.4) is 0 Å². The summed E-state index contributed by atoms with van der Waals surface area (Å²) in [5.74, 6) is 1.32. The van der Waals surface area contributed by atoms with Crippen LogP contribution in [0.15, 0.2) is 22.7 Å². The Hall–Kier alpha value is -1.95. The van der Waals surface area contributed by atoms with Crippen molar-refractivity contribution in [1.29, 1.82) is 0 Å². The van der Waals surface area contributed by atoms with Crippen LogP contribution in [0.25, 0.3) is 11.6 Å². The van der Waals surface area contributed by atoms with Crippen LogP contribution in [-0.2, 0) is 4.74 Å². The number of ether oxygens (including phenoxy) is 1. The fourth-order valence-corrected chi connectivity index (χ4v) is 1.65. The highest BCUT2D eigenvalue weighted by Gasteiger charge is 2.18. The Morgan fingerprint density at radius 3 is 2.89 bits per heavy atom. The molecular weight excluding hydrogens is 232 g/mol. The normalized spacial score (nSPS) is 12.6. The Balaban J connectivity index is 2.24. The van der Waals surface area contributed by atoms with Crippen molar-refractivity contribution in [1.82, 2.24) is 15.1 Å². The zero-order valence-electron chi connectivity index (χ0n) is 10.5. The Bertz CT molecular complexity index is 512. The number of nitrogen functional groups attached to an aromatic ring is 1. The van der Waals surface area contributed by atoms with Crippen LogP contribution in [0.4, 0.5) is 5.82 Å². The van der Waals surface area contributed by atoms with E-state index < -0.39 is 0 Å². The van der Waals surface area contributed by atoms with Crippen molar-refractivity contribution in [3.8, 4) is 11.6 Å². The molecule has 6 heteroatoms. The van der Waals surface area contributed by atoms with Gasteiger partial charge in [0.1, 0.15) is 17.6 Å². The maximum atomic E-state index is 5.61. The summed E-state index contributed by atoms with van der Waals surface area (Å²) in [5, 5.41) is 3.92. The van der Waals surface area contributed by atoms with Crippen LogP contribution in [-0.4, -0.2) is 22.2 Å². The van der Waals surface area contributed by atoms with Crippen molar-refractivity contribution in [3.05, 3.63) is 24.0 Å². The van der Waals surface area contributed by atoms with Crippen molar-refractivity contribution >= 4 is 5.82 Å². The Kier molecular flexibility index (Phi) is 3.88. The standard InChI is InChI=1S/C12H16N4O2/c1-3-5-9(17-2)11-15-12(18-16-11)8-6-4-7-10(13)14-8/h4,6-7,9H,3,5H2,1-2H3,(H2,13,14). The maximum Gasteiger partial charge on any atom is 0.276 e. The lowest BCUT2D eigenvalue weighted by molar-refractivity contribution is 0.0854. The molecule has 2 rings (SSSR count). The fourth-order valence-electron chi connectivity index (χ4n) is 1.65. The molecule has 2 aromatic rings. The second kappa shape index (κ2) is 5.59. The molecule has 2 heterocycles. The molecule has 0 saturated carbocycles. The molecule has 0 saturated heterocycles. The second-order valence-electron chi connectivity index (χ2n) is 3.92. The topological polar surface area (TPSA) is 87.1 Å². The van der Waals surface area contributed by atoms with Crippen LogP contribution >= 0.6 is 0 Å². The number of nitrogens with zero attached hydrogens (tertiary/aromatic N) is 3. The summed E-state index contributed by atoms with van der Waals surface area (Å²) in [6.45, 7) is 2.08. The quantitative estimate of drug-likeness (QED) is 0.872. The van der Waals surface area contributed by atoms with Crippen LogP contribution in [0.5, 0.6) is 0 Å². The molecule has 0 aliphatic carbocycles. The molecule has 18 heavy (non-hydrogen) atoms. The van der Waals surface area contributed by atoms with E-state index in [2.05, 4.69) is 22.0 Å². The lowest BCUT2D eigenvalue weighted by Crippen LogP contribution is -2.03. The third-order valence-electron chi connectivity index (χ3n) is 2.55. The van der Waals surface area contributed by atoms with E-state index in [0.29, 0.717) is 23.2 Å². The lowest BCUT2D eigenvalue weighted by Gasteiger charge is -2.08. The lowest BCUT2D eigenvalue weighted by atomic mass is 10.2. The first kappa shape index (κ1) is 12.5. The highest BCUT2D eigenvalue weighted by molar-refractivity contribution is 5.49. The van der Waals surface area contributed by atoms with Gasteiger partial charge in [0.05, 0.1) is 0 Å². The average molecular weight is 248 g/mol. The van der Waals surface area contributed by atoms with Crippen LogP contribution < -0.4 is 5.73 Å². The zero-order chi connectivity index (χ0) is 13.0. The molecule has 6 nitrogen and oxygen atoms in total. The predicted octanol–water partition coefficient (Wildman–Crippen LogP) is 2.20. The molecule has 1 atom stereocenters. The monoisotopic (exact) mass is 248 g/mol. The number of pyridine rings is 1. The summed E-state index contributed by atoms with van der Waals surface area (Å²) in [4.78, 5) is 8.42. The van der Waals surface area contributed by atoms with E-state index in [1.165, 1.54) is 0 Å². The Morgan fingerprint density at radius 1 is 1.39 bits per heavy atom. The fraction of sp³-hybridized carbons (Fsp3) is 0.417. The molecule has 0 aromatic carbocycles. The van der Waals surface area contributed by atoms with Gasteiger partial charge in [-0.05, 0) is 18.6 Å². The van der Waals surface area contributed by atoms with Gasteiger partial charge < -0.3 is 15.0 Å². The third-order valence-corrected chi connectivity index (χ3v) is 2.55. The van der Waals surface area contributed by atoms with Crippen molar-refractivity contribution in [2.24, 2.45) is 0 Å². The molecule has 0 aliphatic rings. The van der Waals surface area contributed by atoms with Gasteiger partial charge in [0, 0.05) is 7.11 Å². The average Bonchev–Trinajstić information content (AvgIpc) is 2.85. The van der Waals surface area contributed by atoms with Crippen LogP contribution in [0, 0.1) is 0 Å². The number of hydrogen-bond acceptors (Lipinski definition) is 6. The maximum absolute atomic E-state index is 5.61. The number of hydrogen-bond donors (Lipinski definition) is 1. The third kappa shape index (κ3) is 2.65. The smallest absolute Gasteiger partial charge is 0.276 e. The molecule has 0 aliphatic heterocycles. The van der Waals surface area contributed by atoms with E-state index in [1.807, 2.05) is 0 Å². The van der Waals surface area contributed by atoms with Gasteiger partial charge in [-0.3, -0.25) is 0 Å². The SMILES string of the molecule is CCCC(OC)c1noc(-c2cccc(N)n2)n1. The van der Waals surface area contributed by atoms with Crippen LogP contribution in [0.1, 0.15) is 31.7 Å². The molecule has 0 spiro atoms. The Labute approximate surface area is 105 Å². The summed E-state index contributed by atoms with van der Waals surface area (Å²) >= 11 is 0. The molecule has 0 amide bonds.